The van der Waals surface area contributed by atoms with Crippen LogP contribution in [0.5, 0.6) is 0 Å². The number of nitrogens with one attached hydrogen (secondary N) is 2. The molecular formula is C23H32N6O4S. The van der Waals surface area contributed by atoms with Crippen molar-refractivity contribution in [2.75, 3.05) is 5.75 Å². The fourth-order valence-corrected chi connectivity index (χ4v) is 4.92. The predicted molar refractivity (Wildman–Crippen MR) is 130 cm³/mol. The van der Waals surface area contributed by atoms with Gasteiger partial charge >= 0.3 is 0 Å². The number of carbonyl (C=O) groups excluding carboxylic acids is 2. The average molecular weight is 489 g/mol. The number of carbonyl (C=O) groups is 2. The van der Waals surface area contributed by atoms with Crippen molar-refractivity contribution in [2.45, 2.75) is 76.7 Å². The van der Waals surface area contributed by atoms with Crippen molar-refractivity contribution < 1.29 is 14.5 Å². The molecule has 1 aliphatic rings. The van der Waals surface area contributed by atoms with Crippen LogP contribution in [0.25, 0.3) is 0 Å². The molecule has 0 saturated heterocycles. The van der Waals surface area contributed by atoms with Crippen LogP contribution in [0.3, 0.4) is 0 Å². The van der Waals surface area contributed by atoms with Crippen LogP contribution in [0.2, 0.25) is 0 Å². The molecule has 2 aromatic rings. The molecule has 0 aliphatic heterocycles. The van der Waals surface area contributed by atoms with Crippen LogP contribution in [-0.4, -0.2) is 43.3 Å². The molecule has 11 heteroatoms. The van der Waals surface area contributed by atoms with Gasteiger partial charge in [-0.15, -0.1) is 10.2 Å². The van der Waals surface area contributed by atoms with Crippen molar-refractivity contribution in [3.05, 3.63) is 45.8 Å². The first-order valence-corrected chi connectivity index (χ1v) is 12.7. The van der Waals surface area contributed by atoms with E-state index in [1.165, 1.54) is 42.4 Å². The number of hydrogen-bond acceptors (Lipinski definition) is 7. The van der Waals surface area contributed by atoms with E-state index in [0.717, 1.165) is 25.7 Å². The molecule has 1 atom stereocenters. The molecule has 1 aromatic heterocycles. The summed E-state index contributed by atoms with van der Waals surface area (Å²) in [5.74, 6) is 0.398. The van der Waals surface area contributed by atoms with Gasteiger partial charge in [-0.1, -0.05) is 50.9 Å². The van der Waals surface area contributed by atoms with Crippen molar-refractivity contribution in [3.8, 4) is 0 Å². The Labute approximate surface area is 203 Å². The molecule has 1 heterocycles. The fourth-order valence-electron chi connectivity index (χ4n) is 4.10. The molecule has 1 aromatic carbocycles. The minimum Gasteiger partial charge on any atom is -0.353 e. The number of hydrogen-bond donors (Lipinski definition) is 2. The molecule has 10 nitrogen and oxygen atoms in total. The van der Waals surface area contributed by atoms with Crippen LogP contribution in [-0.2, 0) is 11.3 Å². The molecule has 0 spiro atoms. The second-order valence-electron chi connectivity index (χ2n) is 8.78. The monoisotopic (exact) mass is 488 g/mol. The first kappa shape index (κ1) is 25.7. The van der Waals surface area contributed by atoms with Gasteiger partial charge in [0, 0.05) is 30.3 Å². The number of nitro benzene ring substituents is 1. The van der Waals surface area contributed by atoms with Crippen LogP contribution in [0.4, 0.5) is 5.69 Å². The van der Waals surface area contributed by atoms with E-state index in [2.05, 4.69) is 20.8 Å². The summed E-state index contributed by atoms with van der Waals surface area (Å²) >= 11 is 1.33. The van der Waals surface area contributed by atoms with E-state index in [9.17, 15) is 19.7 Å². The lowest BCUT2D eigenvalue weighted by Gasteiger charge is -2.23. The standard InChI is InChI=1S/C23H32N6O4S/c1-4-28-21(26-27-23(28)34-14-19(30)24-17-10-6-5-7-11-17)20(15(2)3)25-22(31)16-9-8-12-18(13-16)29(32)33/h8-9,12-13,15,17,20H,4-7,10-11,14H2,1-3H3,(H,24,30)(H,25,31)/t20-/m1/s1. The Morgan fingerprint density at radius 2 is 1.97 bits per heavy atom. The maximum absolute atomic E-state index is 12.9. The van der Waals surface area contributed by atoms with Crippen LogP contribution in [0.15, 0.2) is 29.4 Å². The number of amides is 2. The lowest BCUT2D eigenvalue weighted by atomic mass is 9.95. The highest BCUT2D eigenvalue weighted by atomic mass is 32.2. The minimum absolute atomic E-state index is 0.00963. The van der Waals surface area contributed by atoms with Crippen LogP contribution >= 0.6 is 11.8 Å². The summed E-state index contributed by atoms with van der Waals surface area (Å²) in [6, 6.07) is 5.43. The minimum atomic E-state index is -0.529. The average Bonchev–Trinajstić information content (AvgIpc) is 3.24. The zero-order valence-electron chi connectivity index (χ0n) is 19.8. The van der Waals surface area contributed by atoms with E-state index in [1.807, 2.05) is 25.3 Å². The van der Waals surface area contributed by atoms with Crippen molar-refractivity contribution in [1.82, 2.24) is 25.4 Å². The maximum atomic E-state index is 12.9. The first-order valence-electron chi connectivity index (χ1n) is 11.7. The summed E-state index contributed by atoms with van der Waals surface area (Å²) in [7, 11) is 0. The molecule has 1 saturated carbocycles. The second-order valence-corrected chi connectivity index (χ2v) is 9.72. The summed E-state index contributed by atoms with van der Waals surface area (Å²) in [6.45, 7) is 6.44. The fraction of sp³-hybridized carbons (Fsp3) is 0.565. The number of aromatic nitrogens is 3. The van der Waals surface area contributed by atoms with E-state index in [4.69, 9.17) is 0 Å². The molecule has 1 fully saturated rings. The van der Waals surface area contributed by atoms with Gasteiger partial charge in [0.05, 0.1) is 16.7 Å². The molecule has 184 valence electrons. The van der Waals surface area contributed by atoms with E-state index in [0.29, 0.717) is 17.5 Å². The van der Waals surface area contributed by atoms with E-state index >= 15 is 0 Å². The SMILES string of the molecule is CCn1c(SCC(=O)NC2CCCCC2)nnc1[C@H](NC(=O)c1cccc([N+](=O)[O-])c1)C(C)C. The maximum Gasteiger partial charge on any atom is 0.270 e. The highest BCUT2D eigenvalue weighted by Gasteiger charge is 2.27. The third-order valence-electron chi connectivity index (χ3n) is 5.91. The molecule has 34 heavy (non-hydrogen) atoms. The van der Waals surface area contributed by atoms with Gasteiger partial charge in [-0.25, -0.2) is 0 Å². The molecule has 0 radical (unpaired) electrons. The number of rotatable bonds is 10. The van der Waals surface area contributed by atoms with Gasteiger partial charge in [-0.05, 0) is 31.7 Å². The predicted octanol–water partition coefficient (Wildman–Crippen LogP) is 3.87. The number of benzene rings is 1. The highest BCUT2D eigenvalue weighted by molar-refractivity contribution is 7.99. The number of non-ortho nitro benzene ring substituents is 1. The summed E-state index contributed by atoms with van der Waals surface area (Å²) in [6.07, 6.45) is 5.62. The second kappa shape index (κ2) is 12.0. The lowest BCUT2D eigenvalue weighted by Crippen LogP contribution is -2.37. The van der Waals surface area contributed by atoms with Gasteiger partial charge < -0.3 is 15.2 Å². The van der Waals surface area contributed by atoms with Gasteiger partial charge in [-0.2, -0.15) is 0 Å². The van der Waals surface area contributed by atoms with Crippen molar-refractivity contribution in [2.24, 2.45) is 5.92 Å². The molecule has 1 aliphatic carbocycles. The highest BCUT2D eigenvalue weighted by Crippen LogP contribution is 2.26. The summed E-state index contributed by atoms with van der Waals surface area (Å²) in [5, 5.41) is 26.3. The molecule has 2 N–H and O–H groups in total. The summed E-state index contributed by atoms with van der Waals surface area (Å²) in [4.78, 5) is 35.8. The van der Waals surface area contributed by atoms with Gasteiger partial charge in [0.25, 0.3) is 11.6 Å². The third kappa shape index (κ3) is 6.55. The summed E-state index contributed by atoms with van der Waals surface area (Å²) in [5.41, 5.74) is 0.0621. The van der Waals surface area contributed by atoms with Crippen molar-refractivity contribution >= 4 is 29.3 Å². The van der Waals surface area contributed by atoms with Gasteiger partial charge in [-0.3, -0.25) is 19.7 Å². The van der Waals surface area contributed by atoms with Gasteiger partial charge in [0.2, 0.25) is 5.91 Å². The Balaban J connectivity index is 1.69. The number of nitrogens with zero attached hydrogens (tertiary/aromatic N) is 4. The van der Waals surface area contributed by atoms with Crippen LogP contribution in [0.1, 0.15) is 75.1 Å². The Hall–Kier alpha value is -2.95. The molecule has 3 rings (SSSR count). The summed E-state index contributed by atoms with van der Waals surface area (Å²) < 4.78 is 1.90. The van der Waals surface area contributed by atoms with E-state index in [-0.39, 0.29) is 34.9 Å². The Morgan fingerprint density at radius 3 is 2.62 bits per heavy atom. The molecule has 0 bridgehead atoms. The van der Waals surface area contributed by atoms with Gasteiger partial charge in [0.1, 0.15) is 0 Å². The number of thioether (sulfide) groups is 1. The Bertz CT molecular complexity index is 1020. The topological polar surface area (TPSA) is 132 Å². The Morgan fingerprint density at radius 1 is 1.24 bits per heavy atom. The first-order chi connectivity index (χ1) is 16.3. The largest absolute Gasteiger partial charge is 0.353 e. The lowest BCUT2D eigenvalue weighted by molar-refractivity contribution is -0.384. The van der Waals surface area contributed by atoms with E-state index < -0.39 is 16.9 Å². The zero-order chi connectivity index (χ0) is 24.7. The smallest absolute Gasteiger partial charge is 0.270 e. The molecule has 2 amide bonds. The zero-order valence-corrected chi connectivity index (χ0v) is 20.6. The third-order valence-corrected chi connectivity index (χ3v) is 6.88. The van der Waals surface area contributed by atoms with Crippen molar-refractivity contribution in [1.29, 1.82) is 0 Å². The van der Waals surface area contributed by atoms with E-state index in [1.54, 1.807) is 0 Å². The molecule has 0 unspecified atom stereocenters. The Kier molecular flexibility index (Phi) is 9.03. The van der Waals surface area contributed by atoms with Crippen LogP contribution < -0.4 is 10.6 Å². The normalized spacial score (nSPS) is 15.2. The number of nitro groups is 1. The molecular weight excluding hydrogens is 456 g/mol. The van der Waals surface area contributed by atoms with Crippen molar-refractivity contribution in [3.63, 3.8) is 0 Å². The van der Waals surface area contributed by atoms with Gasteiger partial charge in [0.15, 0.2) is 11.0 Å². The quantitative estimate of drug-likeness (QED) is 0.295. The van der Waals surface area contributed by atoms with Crippen LogP contribution in [0, 0.1) is 16.0 Å².